The maximum absolute atomic E-state index is 11.6. The number of carbonyl (C=O) groups is 1. The summed E-state index contributed by atoms with van der Waals surface area (Å²) in [4.78, 5) is 11.6. The fourth-order valence-corrected chi connectivity index (χ4v) is 1.78. The van der Waals surface area contributed by atoms with Crippen LogP contribution in [-0.2, 0) is 11.3 Å². The number of ether oxygens (including phenoxy) is 1. The summed E-state index contributed by atoms with van der Waals surface area (Å²) in [7, 11) is 0. The smallest absolute Gasteiger partial charge is 0.407 e. The van der Waals surface area contributed by atoms with Gasteiger partial charge in [0.25, 0.3) is 0 Å². The molecule has 106 valence electrons. The normalized spacial score (nSPS) is 13.6. The highest BCUT2D eigenvalue weighted by Crippen LogP contribution is 2.11. The third-order valence-electron chi connectivity index (χ3n) is 3.37. The monoisotopic (exact) mass is 263 g/mol. The quantitative estimate of drug-likeness (QED) is 0.803. The zero-order valence-corrected chi connectivity index (χ0v) is 12.2. The van der Waals surface area contributed by atoms with Crippen molar-refractivity contribution in [1.29, 1.82) is 0 Å². The molecule has 0 aliphatic rings. The van der Waals surface area contributed by atoms with Crippen LogP contribution in [0.5, 0.6) is 0 Å². The summed E-state index contributed by atoms with van der Waals surface area (Å²) in [6, 6.07) is 9.87. The molecule has 19 heavy (non-hydrogen) atoms. The molecule has 1 rings (SSSR count). The van der Waals surface area contributed by atoms with Crippen LogP contribution in [0.3, 0.4) is 0 Å². The van der Waals surface area contributed by atoms with Crippen LogP contribution in [0.1, 0.15) is 45.6 Å². The number of hydrogen-bond acceptors (Lipinski definition) is 2. The minimum Gasteiger partial charge on any atom is -0.445 e. The van der Waals surface area contributed by atoms with Crippen molar-refractivity contribution in [2.75, 3.05) is 0 Å². The van der Waals surface area contributed by atoms with Crippen molar-refractivity contribution in [2.45, 2.75) is 52.7 Å². The standard InChI is InChI=1S/C16H25NO2/c1-4-13(2)10-11-14(3)17-16(18)19-12-15-8-6-5-7-9-15/h5-9,13-14H,4,10-12H2,1-3H3,(H,17,18). The van der Waals surface area contributed by atoms with Gasteiger partial charge in [0.1, 0.15) is 6.61 Å². The van der Waals surface area contributed by atoms with Gasteiger partial charge in [0.15, 0.2) is 0 Å². The molecule has 0 saturated heterocycles. The molecule has 0 fully saturated rings. The van der Waals surface area contributed by atoms with Gasteiger partial charge in [0, 0.05) is 6.04 Å². The van der Waals surface area contributed by atoms with Crippen LogP contribution in [0, 0.1) is 5.92 Å². The number of benzene rings is 1. The SMILES string of the molecule is CCC(C)CCC(C)NC(=O)OCc1ccccc1. The van der Waals surface area contributed by atoms with E-state index in [-0.39, 0.29) is 12.1 Å². The van der Waals surface area contributed by atoms with Gasteiger partial charge in [-0.1, -0.05) is 50.6 Å². The fraction of sp³-hybridized carbons (Fsp3) is 0.562. The van der Waals surface area contributed by atoms with Gasteiger partial charge in [-0.3, -0.25) is 0 Å². The number of rotatable bonds is 7. The number of alkyl carbamates (subject to hydrolysis) is 1. The van der Waals surface area contributed by atoms with Crippen molar-refractivity contribution in [1.82, 2.24) is 5.32 Å². The molecule has 0 aliphatic heterocycles. The highest BCUT2D eigenvalue weighted by atomic mass is 16.5. The first-order valence-corrected chi connectivity index (χ1v) is 7.09. The second-order valence-electron chi connectivity index (χ2n) is 5.20. The van der Waals surface area contributed by atoms with E-state index in [2.05, 4.69) is 19.2 Å². The van der Waals surface area contributed by atoms with E-state index in [9.17, 15) is 4.79 Å². The summed E-state index contributed by atoms with van der Waals surface area (Å²) in [5.74, 6) is 0.713. The maximum atomic E-state index is 11.6. The van der Waals surface area contributed by atoms with E-state index < -0.39 is 0 Å². The van der Waals surface area contributed by atoms with Gasteiger partial charge >= 0.3 is 6.09 Å². The topological polar surface area (TPSA) is 38.3 Å². The second-order valence-corrected chi connectivity index (χ2v) is 5.20. The molecule has 0 aromatic heterocycles. The predicted molar refractivity (Wildman–Crippen MR) is 77.9 cm³/mol. The molecule has 1 amide bonds. The zero-order valence-electron chi connectivity index (χ0n) is 12.2. The second kappa shape index (κ2) is 8.57. The summed E-state index contributed by atoms with van der Waals surface area (Å²) in [6.07, 6.45) is 2.98. The molecule has 3 heteroatoms. The number of carbonyl (C=O) groups excluding carboxylic acids is 1. The van der Waals surface area contributed by atoms with Crippen LogP contribution in [0.15, 0.2) is 30.3 Å². The van der Waals surface area contributed by atoms with Crippen LogP contribution < -0.4 is 5.32 Å². The molecule has 3 nitrogen and oxygen atoms in total. The summed E-state index contributed by atoms with van der Waals surface area (Å²) < 4.78 is 5.18. The van der Waals surface area contributed by atoms with Crippen molar-refractivity contribution in [3.8, 4) is 0 Å². The lowest BCUT2D eigenvalue weighted by Gasteiger charge is -2.16. The van der Waals surface area contributed by atoms with E-state index in [1.807, 2.05) is 37.3 Å². The largest absolute Gasteiger partial charge is 0.445 e. The molecule has 1 aromatic carbocycles. The van der Waals surface area contributed by atoms with Gasteiger partial charge in [0.05, 0.1) is 0 Å². The lowest BCUT2D eigenvalue weighted by molar-refractivity contribution is 0.135. The summed E-state index contributed by atoms with van der Waals surface area (Å²) in [5, 5.41) is 2.87. The fourth-order valence-electron chi connectivity index (χ4n) is 1.78. The highest BCUT2D eigenvalue weighted by molar-refractivity contribution is 5.67. The highest BCUT2D eigenvalue weighted by Gasteiger charge is 2.09. The average molecular weight is 263 g/mol. The lowest BCUT2D eigenvalue weighted by Crippen LogP contribution is -2.33. The molecular weight excluding hydrogens is 238 g/mol. The van der Waals surface area contributed by atoms with Gasteiger partial charge < -0.3 is 10.1 Å². The maximum Gasteiger partial charge on any atom is 0.407 e. The zero-order chi connectivity index (χ0) is 14.1. The van der Waals surface area contributed by atoms with E-state index in [1.54, 1.807) is 0 Å². The van der Waals surface area contributed by atoms with Crippen molar-refractivity contribution in [3.63, 3.8) is 0 Å². The molecule has 1 aromatic rings. The Labute approximate surface area is 116 Å². The molecule has 2 unspecified atom stereocenters. The Balaban J connectivity index is 2.20. The minimum atomic E-state index is -0.333. The van der Waals surface area contributed by atoms with Crippen LogP contribution >= 0.6 is 0 Å². The summed E-state index contributed by atoms with van der Waals surface area (Å²) in [6.45, 7) is 6.77. The molecule has 0 spiro atoms. The third-order valence-corrected chi connectivity index (χ3v) is 3.37. The first-order valence-electron chi connectivity index (χ1n) is 7.09. The Hall–Kier alpha value is -1.51. The van der Waals surface area contributed by atoms with Crippen molar-refractivity contribution in [2.24, 2.45) is 5.92 Å². The van der Waals surface area contributed by atoms with Gasteiger partial charge in [0.2, 0.25) is 0 Å². The van der Waals surface area contributed by atoms with Crippen molar-refractivity contribution < 1.29 is 9.53 Å². The Morgan fingerprint density at radius 1 is 1.21 bits per heavy atom. The van der Waals surface area contributed by atoms with Crippen molar-refractivity contribution in [3.05, 3.63) is 35.9 Å². The average Bonchev–Trinajstić information content (AvgIpc) is 2.43. The van der Waals surface area contributed by atoms with Gasteiger partial charge in [-0.25, -0.2) is 4.79 Å². The summed E-state index contributed by atoms with van der Waals surface area (Å²) >= 11 is 0. The Morgan fingerprint density at radius 3 is 2.53 bits per heavy atom. The predicted octanol–water partition coefficient (Wildman–Crippen LogP) is 4.13. The van der Waals surface area contributed by atoms with E-state index >= 15 is 0 Å². The van der Waals surface area contributed by atoms with Crippen LogP contribution in [0.4, 0.5) is 4.79 Å². The van der Waals surface area contributed by atoms with Gasteiger partial charge in [-0.2, -0.15) is 0 Å². The summed E-state index contributed by atoms with van der Waals surface area (Å²) in [5.41, 5.74) is 1.00. The molecular formula is C16H25NO2. The third kappa shape index (κ3) is 6.85. The van der Waals surface area contributed by atoms with Crippen molar-refractivity contribution >= 4 is 6.09 Å². The molecule has 0 bridgehead atoms. The Kier molecular flexibility index (Phi) is 7.01. The van der Waals surface area contributed by atoms with E-state index in [4.69, 9.17) is 4.74 Å². The minimum absolute atomic E-state index is 0.164. The van der Waals surface area contributed by atoms with E-state index in [1.165, 1.54) is 6.42 Å². The van der Waals surface area contributed by atoms with Gasteiger partial charge in [-0.05, 0) is 31.2 Å². The molecule has 1 N–H and O–H groups in total. The number of hydrogen-bond donors (Lipinski definition) is 1. The van der Waals surface area contributed by atoms with E-state index in [0.717, 1.165) is 18.4 Å². The van der Waals surface area contributed by atoms with Crippen LogP contribution in [-0.4, -0.2) is 12.1 Å². The molecule has 0 saturated carbocycles. The van der Waals surface area contributed by atoms with E-state index in [0.29, 0.717) is 12.5 Å². The Morgan fingerprint density at radius 2 is 1.89 bits per heavy atom. The Bertz CT molecular complexity index is 364. The molecule has 0 aliphatic carbocycles. The molecule has 0 heterocycles. The number of amides is 1. The number of nitrogens with one attached hydrogen (secondary N) is 1. The van der Waals surface area contributed by atoms with Gasteiger partial charge in [-0.15, -0.1) is 0 Å². The van der Waals surface area contributed by atoms with Crippen LogP contribution in [0.25, 0.3) is 0 Å². The lowest BCUT2D eigenvalue weighted by atomic mass is 10.0. The molecule has 0 radical (unpaired) electrons. The first kappa shape index (κ1) is 15.5. The van der Waals surface area contributed by atoms with Crippen LogP contribution in [0.2, 0.25) is 0 Å². The first-order chi connectivity index (χ1) is 9.11. The molecule has 2 atom stereocenters.